The van der Waals surface area contributed by atoms with Crippen molar-refractivity contribution >= 4 is 48.9 Å². The Morgan fingerprint density at radius 1 is 1.06 bits per heavy atom. The molecule has 0 aliphatic carbocycles. The molecule has 0 saturated heterocycles. The normalized spacial score (nSPS) is 10.3. The molecule has 3 N–H and O–H groups in total. The van der Waals surface area contributed by atoms with Crippen LogP contribution in [0.15, 0.2) is 45.3 Å². The minimum Gasteiger partial charge on any atom is -0.397 e. The highest BCUT2D eigenvalue weighted by molar-refractivity contribution is 9.11. The summed E-state index contributed by atoms with van der Waals surface area (Å²) in [5, 5.41) is 3.32. The summed E-state index contributed by atoms with van der Waals surface area (Å²) in [5.41, 5.74) is 9.74. The van der Waals surface area contributed by atoms with Gasteiger partial charge in [-0.2, -0.15) is 0 Å². The number of nitrogens with one attached hydrogen (secondary N) is 1. The molecule has 4 heteroatoms. The first-order valence-corrected chi connectivity index (χ1v) is 6.73. The Morgan fingerprint density at radius 3 is 2.59 bits per heavy atom. The quantitative estimate of drug-likeness (QED) is 0.756. The van der Waals surface area contributed by atoms with Crippen molar-refractivity contribution in [3.8, 4) is 0 Å². The number of aryl methyl sites for hydroxylation is 1. The molecule has 0 atom stereocenters. The Labute approximate surface area is 117 Å². The SMILES string of the molecule is Cc1cccc(Nc2cc(Br)ccc2N)c1Br. The fourth-order valence-corrected chi connectivity index (χ4v) is 2.25. The number of hydrogen-bond acceptors (Lipinski definition) is 2. The van der Waals surface area contributed by atoms with Crippen molar-refractivity contribution in [3.63, 3.8) is 0 Å². The van der Waals surface area contributed by atoms with E-state index in [1.54, 1.807) is 0 Å². The van der Waals surface area contributed by atoms with E-state index in [1.165, 1.54) is 5.56 Å². The minimum atomic E-state index is 0.724. The van der Waals surface area contributed by atoms with Gasteiger partial charge in [-0.3, -0.25) is 0 Å². The zero-order valence-electron chi connectivity index (χ0n) is 9.30. The van der Waals surface area contributed by atoms with Crippen LogP contribution < -0.4 is 11.1 Å². The third kappa shape index (κ3) is 2.82. The van der Waals surface area contributed by atoms with E-state index >= 15 is 0 Å². The maximum atomic E-state index is 5.93. The number of rotatable bonds is 2. The lowest BCUT2D eigenvalue weighted by Crippen LogP contribution is -1.97. The van der Waals surface area contributed by atoms with Crippen molar-refractivity contribution in [1.82, 2.24) is 0 Å². The molecule has 0 radical (unpaired) electrons. The highest BCUT2D eigenvalue weighted by atomic mass is 79.9. The summed E-state index contributed by atoms with van der Waals surface area (Å²) < 4.78 is 2.05. The van der Waals surface area contributed by atoms with Crippen molar-refractivity contribution in [2.45, 2.75) is 6.92 Å². The monoisotopic (exact) mass is 354 g/mol. The fourth-order valence-electron chi connectivity index (χ4n) is 1.53. The van der Waals surface area contributed by atoms with Crippen molar-refractivity contribution in [3.05, 3.63) is 50.9 Å². The molecule has 0 aliphatic rings. The smallest absolute Gasteiger partial charge is 0.0629 e. The zero-order valence-corrected chi connectivity index (χ0v) is 12.5. The van der Waals surface area contributed by atoms with Crippen molar-refractivity contribution in [1.29, 1.82) is 0 Å². The van der Waals surface area contributed by atoms with Gasteiger partial charge in [0.15, 0.2) is 0 Å². The molecule has 2 aromatic carbocycles. The van der Waals surface area contributed by atoms with Crippen LogP contribution in [-0.2, 0) is 0 Å². The molecule has 2 rings (SSSR count). The standard InChI is InChI=1S/C13H12Br2N2/c1-8-3-2-4-11(13(8)15)17-12-7-9(14)5-6-10(12)16/h2-7,17H,16H2,1H3. The first-order chi connectivity index (χ1) is 8.08. The van der Waals surface area contributed by atoms with Gasteiger partial charge in [-0.15, -0.1) is 0 Å². The largest absolute Gasteiger partial charge is 0.397 e. The van der Waals surface area contributed by atoms with Crippen molar-refractivity contribution in [2.24, 2.45) is 0 Å². The van der Waals surface area contributed by atoms with Crippen molar-refractivity contribution in [2.75, 3.05) is 11.1 Å². The Hall–Kier alpha value is -1.00. The van der Waals surface area contributed by atoms with Crippen LogP contribution in [0, 0.1) is 6.92 Å². The van der Waals surface area contributed by atoms with Crippen LogP contribution in [0.1, 0.15) is 5.56 Å². The van der Waals surface area contributed by atoms with Gasteiger partial charge in [0.25, 0.3) is 0 Å². The fraction of sp³-hybridized carbons (Fsp3) is 0.0769. The van der Waals surface area contributed by atoms with Crippen LogP contribution in [0.4, 0.5) is 17.1 Å². The van der Waals surface area contributed by atoms with Crippen LogP contribution in [-0.4, -0.2) is 0 Å². The maximum Gasteiger partial charge on any atom is 0.0629 e. The molecule has 0 heterocycles. The van der Waals surface area contributed by atoms with E-state index in [2.05, 4.69) is 50.2 Å². The van der Waals surface area contributed by atoms with Crippen LogP contribution in [0.2, 0.25) is 0 Å². The molecule has 88 valence electrons. The third-order valence-electron chi connectivity index (χ3n) is 2.48. The highest BCUT2D eigenvalue weighted by Crippen LogP contribution is 2.32. The molecule has 0 fully saturated rings. The highest BCUT2D eigenvalue weighted by Gasteiger charge is 2.05. The number of halogens is 2. The maximum absolute atomic E-state index is 5.93. The van der Waals surface area contributed by atoms with E-state index in [0.29, 0.717) is 0 Å². The van der Waals surface area contributed by atoms with Crippen LogP contribution >= 0.6 is 31.9 Å². The van der Waals surface area contributed by atoms with Gasteiger partial charge >= 0.3 is 0 Å². The second kappa shape index (κ2) is 5.10. The van der Waals surface area contributed by atoms with E-state index < -0.39 is 0 Å². The summed E-state index contributed by atoms with van der Waals surface area (Å²) in [6.45, 7) is 2.06. The predicted octanol–water partition coefficient (Wildman–Crippen LogP) is 4.85. The molecular formula is C13H12Br2N2. The Balaban J connectivity index is 2.38. The lowest BCUT2D eigenvalue weighted by Gasteiger charge is -2.12. The molecule has 0 bridgehead atoms. The average molecular weight is 356 g/mol. The van der Waals surface area contributed by atoms with Gasteiger partial charge in [0.2, 0.25) is 0 Å². The molecule has 2 aromatic rings. The van der Waals surface area contributed by atoms with Gasteiger partial charge in [-0.1, -0.05) is 28.1 Å². The summed E-state index contributed by atoms with van der Waals surface area (Å²) in [6.07, 6.45) is 0. The van der Waals surface area contributed by atoms with Crippen LogP contribution in [0.3, 0.4) is 0 Å². The Morgan fingerprint density at radius 2 is 1.82 bits per heavy atom. The summed E-state index contributed by atoms with van der Waals surface area (Å²) in [6, 6.07) is 11.8. The van der Waals surface area contributed by atoms with Crippen LogP contribution in [0.5, 0.6) is 0 Å². The molecule has 0 unspecified atom stereocenters. The second-order valence-corrected chi connectivity index (χ2v) is 5.50. The lowest BCUT2D eigenvalue weighted by atomic mass is 10.2. The third-order valence-corrected chi connectivity index (χ3v) is 4.02. The van der Waals surface area contributed by atoms with E-state index in [1.807, 2.05) is 30.3 Å². The number of benzene rings is 2. The Kier molecular flexibility index (Phi) is 3.74. The van der Waals surface area contributed by atoms with Crippen molar-refractivity contribution < 1.29 is 0 Å². The molecule has 0 amide bonds. The molecule has 0 saturated carbocycles. The molecular weight excluding hydrogens is 344 g/mol. The molecule has 0 aliphatic heterocycles. The lowest BCUT2D eigenvalue weighted by molar-refractivity contribution is 1.41. The number of nitrogen functional groups attached to an aromatic ring is 1. The van der Waals surface area contributed by atoms with Gasteiger partial charge in [0.1, 0.15) is 0 Å². The molecule has 0 aromatic heterocycles. The summed E-state index contributed by atoms with van der Waals surface area (Å²) in [5.74, 6) is 0. The number of hydrogen-bond donors (Lipinski definition) is 2. The first-order valence-electron chi connectivity index (χ1n) is 5.15. The molecule has 17 heavy (non-hydrogen) atoms. The van der Waals surface area contributed by atoms with E-state index in [0.717, 1.165) is 26.0 Å². The predicted molar refractivity (Wildman–Crippen MR) is 80.7 cm³/mol. The average Bonchev–Trinajstić information content (AvgIpc) is 2.30. The topological polar surface area (TPSA) is 38.0 Å². The van der Waals surface area contributed by atoms with E-state index in [4.69, 9.17) is 5.73 Å². The van der Waals surface area contributed by atoms with Gasteiger partial charge in [0, 0.05) is 8.95 Å². The number of anilines is 3. The van der Waals surface area contributed by atoms with Gasteiger partial charge in [-0.05, 0) is 52.7 Å². The van der Waals surface area contributed by atoms with Crippen LogP contribution in [0.25, 0.3) is 0 Å². The second-order valence-electron chi connectivity index (χ2n) is 3.79. The Bertz CT molecular complexity index is 553. The number of nitrogens with two attached hydrogens (primary N) is 1. The molecule has 2 nitrogen and oxygen atoms in total. The zero-order chi connectivity index (χ0) is 12.4. The molecule has 0 spiro atoms. The van der Waals surface area contributed by atoms with Gasteiger partial charge in [0.05, 0.1) is 17.1 Å². The summed E-state index contributed by atoms with van der Waals surface area (Å²) in [7, 11) is 0. The van der Waals surface area contributed by atoms with Gasteiger partial charge in [-0.25, -0.2) is 0 Å². The summed E-state index contributed by atoms with van der Waals surface area (Å²) in [4.78, 5) is 0. The summed E-state index contributed by atoms with van der Waals surface area (Å²) >= 11 is 7.00. The van der Waals surface area contributed by atoms with E-state index in [-0.39, 0.29) is 0 Å². The van der Waals surface area contributed by atoms with E-state index in [9.17, 15) is 0 Å². The minimum absolute atomic E-state index is 0.724. The van der Waals surface area contributed by atoms with Gasteiger partial charge < -0.3 is 11.1 Å². The first kappa shape index (κ1) is 12.5.